The number of rotatable bonds is 6. The van der Waals surface area contributed by atoms with Gasteiger partial charge in [0.1, 0.15) is 0 Å². The normalized spacial score (nSPS) is 27.1. The van der Waals surface area contributed by atoms with Crippen LogP contribution in [0.4, 0.5) is 0 Å². The summed E-state index contributed by atoms with van der Waals surface area (Å²) in [5, 5.41) is 1.61. The van der Waals surface area contributed by atoms with E-state index < -0.39 is 0 Å². The molecule has 0 spiro atoms. The maximum absolute atomic E-state index is 6.29. The van der Waals surface area contributed by atoms with Gasteiger partial charge in [-0.2, -0.15) is 0 Å². The van der Waals surface area contributed by atoms with Gasteiger partial charge in [0, 0.05) is 46.6 Å². The van der Waals surface area contributed by atoms with Gasteiger partial charge in [0.25, 0.3) is 0 Å². The van der Waals surface area contributed by atoms with Crippen LogP contribution in [-0.2, 0) is 6.42 Å². The number of hydrogen-bond acceptors (Lipinski definition) is 2. The summed E-state index contributed by atoms with van der Waals surface area (Å²) < 4.78 is 0. The molecule has 0 aromatic heterocycles. The average molecular weight is 494 g/mol. The van der Waals surface area contributed by atoms with E-state index in [1.807, 2.05) is 0 Å². The van der Waals surface area contributed by atoms with Crippen LogP contribution in [0.3, 0.4) is 0 Å². The topological polar surface area (TPSA) is 6.48 Å². The molecule has 2 atom stereocenters. The van der Waals surface area contributed by atoms with E-state index in [0.29, 0.717) is 17.9 Å². The summed E-state index contributed by atoms with van der Waals surface area (Å²) in [6.07, 6.45) is 4.63. The number of nitrogens with zero attached hydrogens (tertiary/aromatic N) is 2. The summed E-state index contributed by atoms with van der Waals surface area (Å²) >= 11 is 12.6. The molecule has 2 aliphatic heterocycles. The molecule has 0 amide bonds. The highest BCUT2D eigenvalue weighted by atomic mass is 35.5. The third-order valence-corrected chi connectivity index (χ3v) is 8.89. The van der Waals surface area contributed by atoms with Crippen LogP contribution in [0.5, 0.6) is 0 Å². The molecule has 6 rings (SSSR count). The van der Waals surface area contributed by atoms with Crippen LogP contribution in [-0.4, -0.2) is 48.6 Å². The molecular formula is C30H34Cl2N2. The summed E-state index contributed by atoms with van der Waals surface area (Å²) in [4.78, 5) is 5.31. The lowest BCUT2D eigenvalue weighted by molar-refractivity contribution is 0.0664. The SMILES string of the molecule is CN(C)C12CCN(CCc3ccccc3)C(C(c3ccc(Cl)cc3)C1)C(c1ccc(Cl)cc1)C2. The lowest BCUT2D eigenvalue weighted by atomic mass is 9.63. The third-order valence-electron chi connectivity index (χ3n) is 8.39. The highest BCUT2D eigenvalue weighted by Crippen LogP contribution is 2.53. The Morgan fingerprint density at radius 2 is 1.32 bits per heavy atom. The fraction of sp³-hybridized carbons (Fsp3) is 0.400. The Balaban J connectivity index is 1.57. The minimum Gasteiger partial charge on any atom is -0.304 e. The monoisotopic (exact) mass is 492 g/mol. The first-order valence-electron chi connectivity index (χ1n) is 12.4. The Hall–Kier alpha value is -1.84. The first-order chi connectivity index (χ1) is 16.4. The summed E-state index contributed by atoms with van der Waals surface area (Å²) in [5.74, 6) is 0.903. The molecule has 34 heavy (non-hydrogen) atoms. The van der Waals surface area contributed by atoms with Gasteiger partial charge >= 0.3 is 0 Å². The van der Waals surface area contributed by atoms with Crippen molar-refractivity contribution in [1.29, 1.82) is 0 Å². The number of benzene rings is 3. The van der Waals surface area contributed by atoms with Gasteiger partial charge in [-0.15, -0.1) is 0 Å². The van der Waals surface area contributed by atoms with Crippen LogP contribution in [0, 0.1) is 0 Å². The molecule has 178 valence electrons. The van der Waals surface area contributed by atoms with E-state index in [1.165, 1.54) is 36.0 Å². The third kappa shape index (κ3) is 4.79. The minimum absolute atomic E-state index is 0.173. The van der Waals surface area contributed by atoms with Crippen LogP contribution >= 0.6 is 23.2 Å². The van der Waals surface area contributed by atoms with Gasteiger partial charge in [-0.1, -0.05) is 77.8 Å². The fourth-order valence-corrected chi connectivity index (χ4v) is 6.71. The molecule has 0 N–H and O–H groups in total. The van der Waals surface area contributed by atoms with E-state index in [-0.39, 0.29) is 5.54 Å². The van der Waals surface area contributed by atoms with E-state index in [4.69, 9.17) is 23.2 Å². The smallest absolute Gasteiger partial charge is 0.0406 e. The molecule has 2 nitrogen and oxygen atoms in total. The van der Waals surface area contributed by atoms with Crippen molar-refractivity contribution in [2.75, 3.05) is 27.2 Å². The van der Waals surface area contributed by atoms with Crippen LogP contribution in [0.2, 0.25) is 10.0 Å². The lowest BCUT2D eigenvalue weighted by Gasteiger charge is -2.51. The van der Waals surface area contributed by atoms with E-state index >= 15 is 0 Å². The maximum atomic E-state index is 6.29. The molecule has 3 aromatic rings. The van der Waals surface area contributed by atoms with Crippen molar-refractivity contribution in [3.8, 4) is 0 Å². The molecule has 1 aliphatic carbocycles. The van der Waals surface area contributed by atoms with Crippen molar-refractivity contribution in [1.82, 2.24) is 9.80 Å². The van der Waals surface area contributed by atoms with Crippen molar-refractivity contribution >= 4 is 23.2 Å². The van der Waals surface area contributed by atoms with Gasteiger partial charge in [0.2, 0.25) is 0 Å². The van der Waals surface area contributed by atoms with Gasteiger partial charge in [0.15, 0.2) is 0 Å². The predicted molar refractivity (Wildman–Crippen MR) is 144 cm³/mol. The second-order valence-corrected chi connectivity index (χ2v) is 11.2. The van der Waals surface area contributed by atoms with Crippen molar-refractivity contribution in [3.63, 3.8) is 0 Å². The van der Waals surface area contributed by atoms with Gasteiger partial charge in [-0.3, -0.25) is 4.90 Å². The lowest BCUT2D eigenvalue weighted by Crippen LogP contribution is -2.52. The van der Waals surface area contributed by atoms with Crippen LogP contribution in [0.25, 0.3) is 0 Å². The number of hydrogen-bond donors (Lipinski definition) is 0. The molecule has 2 saturated heterocycles. The average Bonchev–Trinajstić information content (AvgIpc) is 3.12. The molecule has 3 fully saturated rings. The quantitative estimate of drug-likeness (QED) is 0.356. The molecule has 2 heterocycles. The summed E-state index contributed by atoms with van der Waals surface area (Å²) in [7, 11) is 4.55. The van der Waals surface area contributed by atoms with Gasteiger partial charge < -0.3 is 4.90 Å². The summed E-state index contributed by atoms with van der Waals surface area (Å²) in [6.45, 7) is 2.20. The first kappa shape index (κ1) is 23.9. The van der Waals surface area contributed by atoms with Gasteiger partial charge in [-0.25, -0.2) is 0 Å². The Morgan fingerprint density at radius 3 is 1.82 bits per heavy atom. The first-order valence-corrected chi connectivity index (χ1v) is 13.2. The number of halogens is 2. The molecule has 3 aliphatic rings. The predicted octanol–water partition coefficient (Wildman–Crippen LogP) is 7.27. The molecular weight excluding hydrogens is 459 g/mol. The standard InChI is InChI=1S/C30H34Cl2N2/c1-33(2)30-17-19-34(18-16-22-6-4-3-5-7-22)29(27(20-30)23-8-12-25(31)13-9-23)28(21-30)24-10-14-26(32)15-11-24/h3-15,27-29H,16-21H2,1-2H3. The van der Waals surface area contributed by atoms with Crippen molar-refractivity contribution in [2.24, 2.45) is 0 Å². The zero-order valence-electron chi connectivity index (χ0n) is 20.1. The highest BCUT2D eigenvalue weighted by Gasteiger charge is 2.52. The maximum Gasteiger partial charge on any atom is 0.0406 e. The Bertz CT molecular complexity index is 1020. The van der Waals surface area contributed by atoms with Crippen molar-refractivity contribution in [2.45, 2.75) is 49.1 Å². The molecule has 2 unspecified atom stereocenters. The second kappa shape index (κ2) is 10.0. The van der Waals surface area contributed by atoms with E-state index in [9.17, 15) is 0 Å². The van der Waals surface area contributed by atoms with Crippen molar-refractivity contribution < 1.29 is 0 Å². The minimum atomic E-state index is 0.173. The van der Waals surface area contributed by atoms with Crippen LogP contribution in [0.1, 0.15) is 47.8 Å². The fourth-order valence-electron chi connectivity index (χ4n) is 6.45. The molecule has 1 saturated carbocycles. The molecule has 0 radical (unpaired) electrons. The van der Waals surface area contributed by atoms with E-state index in [0.717, 1.165) is 29.6 Å². The largest absolute Gasteiger partial charge is 0.304 e. The molecule has 3 aromatic carbocycles. The highest BCUT2D eigenvalue weighted by molar-refractivity contribution is 6.30. The van der Waals surface area contributed by atoms with E-state index in [1.54, 1.807) is 0 Å². The second-order valence-electron chi connectivity index (χ2n) is 10.4. The number of fused-ring (bicyclic) bond motifs is 4. The van der Waals surface area contributed by atoms with Crippen LogP contribution in [0.15, 0.2) is 78.9 Å². The molecule has 4 heteroatoms. The van der Waals surface area contributed by atoms with Gasteiger partial charge in [0.05, 0.1) is 0 Å². The molecule has 2 bridgehead atoms. The summed E-state index contributed by atoms with van der Waals surface area (Å²) in [5.41, 5.74) is 4.40. The summed E-state index contributed by atoms with van der Waals surface area (Å²) in [6, 6.07) is 28.6. The van der Waals surface area contributed by atoms with Crippen LogP contribution < -0.4 is 0 Å². The zero-order valence-corrected chi connectivity index (χ0v) is 21.6. The van der Waals surface area contributed by atoms with E-state index in [2.05, 4.69) is 103 Å². The zero-order chi connectivity index (χ0) is 23.7. The Morgan fingerprint density at radius 1 is 0.794 bits per heavy atom. The van der Waals surface area contributed by atoms with Crippen molar-refractivity contribution in [3.05, 3.63) is 106 Å². The Labute approximate surface area is 214 Å². The van der Waals surface area contributed by atoms with Gasteiger partial charge in [-0.05, 0) is 80.7 Å². The Kier molecular flexibility index (Phi) is 7.04.